The smallest absolute Gasteiger partial charge is 0.191 e. The number of hydrogen-bond acceptors (Lipinski definition) is 4. The maximum absolute atomic E-state index is 8.57. The number of benzene rings is 1. The fourth-order valence-electron chi connectivity index (χ4n) is 1.48. The number of nitrogens with zero attached hydrogens (tertiary/aromatic N) is 1. The van der Waals surface area contributed by atoms with Crippen LogP contribution in [-0.4, -0.2) is 26.1 Å². The molecule has 1 rings (SSSR count). The summed E-state index contributed by atoms with van der Waals surface area (Å²) in [5.74, 6) is 0.751. The van der Waals surface area contributed by atoms with Crippen LogP contribution >= 0.6 is 0 Å². The summed E-state index contributed by atoms with van der Waals surface area (Å²) in [6, 6.07) is 9.57. The maximum Gasteiger partial charge on any atom is 0.191 e. The van der Waals surface area contributed by atoms with Crippen molar-refractivity contribution in [2.45, 2.75) is 26.6 Å². The quantitative estimate of drug-likeness (QED) is 0.664. The van der Waals surface area contributed by atoms with E-state index in [2.05, 4.69) is 6.07 Å². The van der Waals surface area contributed by atoms with Crippen LogP contribution in [0.25, 0.3) is 0 Å². The van der Waals surface area contributed by atoms with Crippen LogP contribution in [0.1, 0.15) is 19.4 Å². The van der Waals surface area contributed by atoms with Gasteiger partial charge in [-0.2, -0.15) is 5.26 Å². The van der Waals surface area contributed by atoms with E-state index in [1.807, 2.05) is 38.1 Å². The summed E-state index contributed by atoms with van der Waals surface area (Å²) in [4.78, 5) is 0. The van der Waals surface area contributed by atoms with Crippen LogP contribution in [0.5, 0.6) is 5.75 Å². The van der Waals surface area contributed by atoms with Gasteiger partial charge in [0.2, 0.25) is 0 Å². The molecule has 0 spiro atoms. The summed E-state index contributed by atoms with van der Waals surface area (Å²) >= 11 is 0. The highest BCUT2D eigenvalue weighted by atomic mass is 16.7. The Morgan fingerprint density at radius 1 is 1.11 bits per heavy atom. The summed E-state index contributed by atoms with van der Waals surface area (Å²) in [5.41, 5.74) is 0.982. The van der Waals surface area contributed by atoms with Gasteiger partial charge in [0.1, 0.15) is 12.4 Å². The molecule has 0 fully saturated rings. The standard InChI is InChI=1S/C14H19NO3/c1-3-16-14(17-4-2)11-18-13-7-5-12(6-8-13)9-10-15/h5-8,14H,3-4,9,11H2,1-2H3. The number of ether oxygens (including phenoxy) is 3. The molecule has 0 amide bonds. The first-order chi connectivity index (χ1) is 8.80. The van der Waals surface area contributed by atoms with Gasteiger partial charge in [-0.1, -0.05) is 12.1 Å². The third-order valence-electron chi connectivity index (χ3n) is 2.30. The van der Waals surface area contributed by atoms with Gasteiger partial charge in [0.05, 0.1) is 12.5 Å². The highest BCUT2D eigenvalue weighted by Gasteiger charge is 2.08. The molecular weight excluding hydrogens is 230 g/mol. The first-order valence-electron chi connectivity index (χ1n) is 6.12. The van der Waals surface area contributed by atoms with Crippen molar-refractivity contribution in [2.75, 3.05) is 19.8 Å². The summed E-state index contributed by atoms with van der Waals surface area (Å²) in [6.07, 6.45) is 0.0830. The third kappa shape index (κ3) is 5.17. The molecule has 0 heterocycles. The van der Waals surface area contributed by atoms with Crippen LogP contribution in [0.3, 0.4) is 0 Å². The van der Waals surface area contributed by atoms with E-state index in [4.69, 9.17) is 19.5 Å². The van der Waals surface area contributed by atoms with E-state index in [9.17, 15) is 0 Å². The molecule has 1 aromatic rings. The Hall–Kier alpha value is -1.57. The second-order valence-corrected chi connectivity index (χ2v) is 3.63. The molecule has 0 radical (unpaired) electrons. The Labute approximate surface area is 108 Å². The highest BCUT2D eigenvalue weighted by Crippen LogP contribution is 2.13. The molecule has 0 N–H and O–H groups in total. The van der Waals surface area contributed by atoms with E-state index in [1.165, 1.54) is 0 Å². The van der Waals surface area contributed by atoms with E-state index in [0.717, 1.165) is 11.3 Å². The van der Waals surface area contributed by atoms with Crippen molar-refractivity contribution in [3.05, 3.63) is 29.8 Å². The van der Waals surface area contributed by atoms with Crippen molar-refractivity contribution >= 4 is 0 Å². The zero-order valence-electron chi connectivity index (χ0n) is 10.9. The lowest BCUT2D eigenvalue weighted by Gasteiger charge is -2.17. The average molecular weight is 249 g/mol. The molecule has 98 valence electrons. The molecule has 0 saturated carbocycles. The van der Waals surface area contributed by atoms with E-state index in [0.29, 0.717) is 26.2 Å². The largest absolute Gasteiger partial charge is 0.488 e. The first-order valence-corrected chi connectivity index (χ1v) is 6.12. The molecule has 0 aliphatic rings. The maximum atomic E-state index is 8.57. The minimum Gasteiger partial charge on any atom is -0.488 e. The molecule has 0 atom stereocenters. The second kappa shape index (κ2) is 8.51. The molecule has 4 nitrogen and oxygen atoms in total. The molecule has 4 heteroatoms. The Morgan fingerprint density at radius 2 is 1.72 bits per heavy atom. The number of nitriles is 1. The zero-order chi connectivity index (χ0) is 13.2. The Kier molecular flexibility index (Phi) is 6.85. The number of hydrogen-bond donors (Lipinski definition) is 0. The van der Waals surface area contributed by atoms with E-state index < -0.39 is 0 Å². The second-order valence-electron chi connectivity index (χ2n) is 3.63. The van der Waals surface area contributed by atoms with Gasteiger partial charge in [-0.25, -0.2) is 0 Å². The molecule has 1 aromatic carbocycles. The van der Waals surface area contributed by atoms with Gasteiger partial charge < -0.3 is 14.2 Å². The molecule has 18 heavy (non-hydrogen) atoms. The van der Waals surface area contributed by atoms with Crippen LogP contribution in [0, 0.1) is 11.3 Å². The van der Waals surface area contributed by atoms with Gasteiger partial charge in [0.15, 0.2) is 6.29 Å². The third-order valence-corrected chi connectivity index (χ3v) is 2.30. The Bertz CT molecular complexity index is 364. The summed E-state index contributed by atoms with van der Waals surface area (Å²) in [5, 5.41) is 8.57. The van der Waals surface area contributed by atoms with Crippen molar-refractivity contribution in [2.24, 2.45) is 0 Å². The van der Waals surface area contributed by atoms with Crippen LogP contribution in [-0.2, 0) is 15.9 Å². The van der Waals surface area contributed by atoms with Gasteiger partial charge in [-0.3, -0.25) is 0 Å². The molecule has 0 saturated heterocycles. The molecule has 0 bridgehead atoms. The molecule has 0 aromatic heterocycles. The Morgan fingerprint density at radius 3 is 2.22 bits per heavy atom. The fourth-order valence-corrected chi connectivity index (χ4v) is 1.48. The SMILES string of the molecule is CCOC(COc1ccc(CC#N)cc1)OCC. The fraction of sp³-hybridized carbons (Fsp3) is 0.500. The predicted molar refractivity (Wildman–Crippen MR) is 68.3 cm³/mol. The normalized spacial score (nSPS) is 10.3. The molecule has 0 aliphatic carbocycles. The van der Waals surface area contributed by atoms with Gasteiger partial charge >= 0.3 is 0 Å². The van der Waals surface area contributed by atoms with Gasteiger partial charge in [0, 0.05) is 13.2 Å². The topological polar surface area (TPSA) is 51.5 Å². The highest BCUT2D eigenvalue weighted by molar-refractivity contribution is 5.28. The first kappa shape index (κ1) is 14.5. The monoisotopic (exact) mass is 249 g/mol. The van der Waals surface area contributed by atoms with Gasteiger partial charge in [-0.15, -0.1) is 0 Å². The van der Waals surface area contributed by atoms with Crippen molar-refractivity contribution in [3.63, 3.8) is 0 Å². The van der Waals surface area contributed by atoms with Crippen molar-refractivity contribution in [1.82, 2.24) is 0 Å². The predicted octanol–water partition coefficient (Wildman–Crippen LogP) is 2.53. The number of rotatable bonds is 8. The van der Waals surface area contributed by atoms with Gasteiger partial charge in [-0.05, 0) is 31.5 Å². The van der Waals surface area contributed by atoms with E-state index >= 15 is 0 Å². The lowest BCUT2D eigenvalue weighted by Crippen LogP contribution is -2.25. The van der Waals surface area contributed by atoms with Crippen LogP contribution in [0.15, 0.2) is 24.3 Å². The lowest BCUT2D eigenvalue weighted by molar-refractivity contribution is -0.152. The molecular formula is C14H19NO3. The van der Waals surface area contributed by atoms with Gasteiger partial charge in [0.25, 0.3) is 0 Å². The summed E-state index contributed by atoms with van der Waals surface area (Å²) in [6.45, 7) is 5.38. The minimum absolute atomic E-state index is 0.334. The molecule has 0 unspecified atom stereocenters. The Balaban J connectivity index is 2.44. The summed E-state index contributed by atoms with van der Waals surface area (Å²) < 4.78 is 16.3. The zero-order valence-corrected chi connectivity index (χ0v) is 10.9. The van der Waals surface area contributed by atoms with E-state index in [1.54, 1.807) is 0 Å². The van der Waals surface area contributed by atoms with Crippen molar-refractivity contribution in [3.8, 4) is 11.8 Å². The lowest BCUT2D eigenvalue weighted by atomic mass is 10.2. The van der Waals surface area contributed by atoms with Crippen LogP contribution in [0.2, 0.25) is 0 Å². The average Bonchev–Trinajstić information content (AvgIpc) is 2.38. The van der Waals surface area contributed by atoms with Crippen LogP contribution < -0.4 is 4.74 Å². The van der Waals surface area contributed by atoms with Crippen LogP contribution in [0.4, 0.5) is 0 Å². The van der Waals surface area contributed by atoms with Crippen molar-refractivity contribution < 1.29 is 14.2 Å². The summed E-state index contributed by atoms with van der Waals surface area (Å²) in [7, 11) is 0. The molecule has 0 aliphatic heterocycles. The minimum atomic E-state index is -0.334. The van der Waals surface area contributed by atoms with Crippen molar-refractivity contribution in [1.29, 1.82) is 5.26 Å². The van der Waals surface area contributed by atoms with E-state index in [-0.39, 0.29) is 6.29 Å².